The highest BCUT2D eigenvalue weighted by Crippen LogP contribution is 2.30. The van der Waals surface area contributed by atoms with Crippen LogP contribution >= 0.6 is 34.5 Å². The van der Waals surface area contributed by atoms with Crippen molar-refractivity contribution in [3.8, 4) is 10.6 Å². The van der Waals surface area contributed by atoms with Gasteiger partial charge in [-0.1, -0.05) is 53.5 Å². The lowest BCUT2D eigenvalue weighted by atomic mass is 10.1. The van der Waals surface area contributed by atoms with E-state index in [0.717, 1.165) is 21.8 Å². The van der Waals surface area contributed by atoms with Gasteiger partial charge in [-0.15, -0.1) is 11.3 Å². The van der Waals surface area contributed by atoms with Gasteiger partial charge in [0, 0.05) is 16.0 Å². The minimum absolute atomic E-state index is 0.0709. The summed E-state index contributed by atoms with van der Waals surface area (Å²) in [7, 11) is 0. The van der Waals surface area contributed by atoms with Crippen molar-refractivity contribution in [2.24, 2.45) is 0 Å². The largest absolute Gasteiger partial charge is 0.349 e. The fraction of sp³-hybridized carbons (Fsp3) is 0.158. The number of thiazole rings is 1. The van der Waals surface area contributed by atoms with Gasteiger partial charge >= 0.3 is 0 Å². The van der Waals surface area contributed by atoms with E-state index in [2.05, 4.69) is 10.3 Å². The van der Waals surface area contributed by atoms with E-state index >= 15 is 0 Å². The first-order chi connectivity index (χ1) is 12.0. The van der Waals surface area contributed by atoms with Gasteiger partial charge in [0.05, 0.1) is 23.2 Å². The van der Waals surface area contributed by atoms with E-state index in [4.69, 9.17) is 23.2 Å². The van der Waals surface area contributed by atoms with Crippen LogP contribution in [-0.2, 0) is 11.2 Å². The molecular formula is C19H16Cl2N2OS. The minimum Gasteiger partial charge on any atom is -0.349 e. The Kier molecular flexibility index (Phi) is 5.74. The van der Waals surface area contributed by atoms with Crippen LogP contribution in [0.4, 0.5) is 0 Å². The Hall–Kier alpha value is -1.88. The molecule has 3 aromatic rings. The van der Waals surface area contributed by atoms with E-state index in [1.807, 2.05) is 60.8 Å². The highest BCUT2D eigenvalue weighted by Gasteiger charge is 2.13. The highest BCUT2D eigenvalue weighted by atomic mass is 35.5. The SMILES string of the molecule is CC(NC(=O)Cc1csc(-c2ccccc2Cl)n1)c1ccc(Cl)cc1. The Bertz CT molecular complexity index is 877. The molecule has 0 spiro atoms. The number of amides is 1. The molecule has 25 heavy (non-hydrogen) atoms. The molecule has 0 fully saturated rings. The summed E-state index contributed by atoms with van der Waals surface area (Å²) in [5, 5.41) is 7.03. The molecule has 3 rings (SSSR count). The molecule has 2 aromatic carbocycles. The van der Waals surface area contributed by atoms with Gasteiger partial charge in [0.15, 0.2) is 0 Å². The van der Waals surface area contributed by atoms with Crippen molar-refractivity contribution in [3.05, 3.63) is 75.2 Å². The maximum absolute atomic E-state index is 12.3. The second-order valence-corrected chi connectivity index (χ2v) is 7.34. The summed E-state index contributed by atoms with van der Waals surface area (Å²) in [6.45, 7) is 1.94. The lowest BCUT2D eigenvalue weighted by Gasteiger charge is -2.14. The van der Waals surface area contributed by atoms with Crippen molar-refractivity contribution < 1.29 is 4.79 Å². The first-order valence-electron chi connectivity index (χ1n) is 7.77. The summed E-state index contributed by atoms with van der Waals surface area (Å²) < 4.78 is 0. The number of nitrogens with one attached hydrogen (secondary N) is 1. The number of nitrogens with zero attached hydrogens (tertiary/aromatic N) is 1. The molecule has 0 bridgehead atoms. The Balaban J connectivity index is 1.64. The number of carbonyl (C=O) groups is 1. The summed E-state index contributed by atoms with van der Waals surface area (Å²) in [6, 6.07) is 14.9. The third kappa shape index (κ3) is 4.60. The zero-order valence-electron chi connectivity index (χ0n) is 13.5. The molecule has 0 saturated carbocycles. The number of carbonyl (C=O) groups excluding carboxylic acids is 1. The lowest BCUT2D eigenvalue weighted by Crippen LogP contribution is -2.28. The maximum Gasteiger partial charge on any atom is 0.226 e. The highest BCUT2D eigenvalue weighted by molar-refractivity contribution is 7.13. The average molecular weight is 391 g/mol. The maximum atomic E-state index is 12.3. The van der Waals surface area contributed by atoms with Gasteiger partial charge in [0.25, 0.3) is 0 Å². The van der Waals surface area contributed by atoms with Crippen molar-refractivity contribution >= 4 is 40.4 Å². The molecule has 6 heteroatoms. The first kappa shape index (κ1) is 17.9. The summed E-state index contributed by atoms with van der Waals surface area (Å²) in [4.78, 5) is 16.8. The quantitative estimate of drug-likeness (QED) is 0.621. The Morgan fingerprint density at radius 3 is 2.60 bits per heavy atom. The molecule has 128 valence electrons. The Morgan fingerprint density at radius 1 is 1.16 bits per heavy atom. The molecule has 0 aliphatic heterocycles. The van der Waals surface area contributed by atoms with Crippen LogP contribution in [0, 0.1) is 0 Å². The third-order valence-corrected chi connectivity index (χ3v) is 5.25. The van der Waals surface area contributed by atoms with E-state index in [-0.39, 0.29) is 18.4 Å². The van der Waals surface area contributed by atoms with Crippen LogP contribution in [0.15, 0.2) is 53.9 Å². The van der Waals surface area contributed by atoms with E-state index in [1.165, 1.54) is 11.3 Å². The van der Waals surface area contributed by atoms with Gasteiger partial charge in [-0.3, -0.25) is 4.79 Å². The zero-order valence-corrected chi connectivity index (χ0v) is 15.8. The van der Waals surface area contributed by atoms with Gasteiger partial charge < -0.3 is 5.32 Å². The second kappa shape index (κ2) is 8.00. The van der Waals surface area contributed by atoms with Crippen molar-refractivity contribution in [2.45, 2.75) is 19.4 Å². The molecule has 0 radical (unpaired) electrons. The minimum atomic E-state index is -0.0913. The molecule has 1 heterocycles. The van der Waals surface area contributed by atoms with Crippen LogP contribution < -0.4 is 5.32 Å². The van der Waals surface area contributed by atoms with Gasteiger partial charge in [0.2, 0.25) is 5.91 Å². The van der Waals surface area contributed by atoms with Crippen molar-refractivity contribution in [2.75, 3.05) is 0 Å². The van der Waals surface area contributed by atoms with Crippen LogP contribution in [-0.4, -0.2) is 10.9 Å². The van der Waals surface area contributed by atoms with Crippen molar-refractivity contribution in [1.29, 1.82) is 0 Å². The normalized spacial score (nSPS) is 12.0. The van der Waals surface area contributed by atoms with E-state index in [1.54, 1.807) is 0 Å². The van der Waals surface area contributed by atoms with Gasteiger partial charge in [0.1, 0.15) is 5.01 Å². The number of aromatic nitrogens is 1. The van der Waals surface area contributed by atoms with Crippen molar-refractivity contribution in [3.63, 3.8) is 0 Å². The predicted octanol–water partition coefficient (Wildman–Crippen LogP) is 5.54. The van der Waals surface area contributed by atoms with Crippen LogP contribution in [0.25, 0.3) is 10.6 Å². The molecule has 0 aliphatic carbocycles. The standard InChI is InChI=1S/C19H16Cl2N2OS/c1-12(13-6-8-14(20)9-7-13)22-18(24)10-15-11-25-19(23-15)16-4-2-3-5-17(16)21/h2-9,11-12H,10H2,1H3,(H,22,24). The third-order valence-electron chi connectivity index (χ3n) is 3.75. The number of halogens is 2. The topological polar surface area (TPSA) is 42.0 Å². The molecule has 1 unspecified atom stereocenters. The van der Waals surface area contributed by atoms with E-state index in [9.17, 15) is 4.79 Å². The van der Waals surface area contributed by atoms with Crippen molar-refractivity contribution in [1.82, 2.24) is 10.3 Å². The van der Waals surface area contributed by atoms with Crippen LogP contribution in [0.1, 0.15) is 24.2 Å². The van der Waals surface area contributed by atoms with Gasteiger partial charge in [-0.2, -0.15) is 0 Å². The summed E-state index contributed by atoms with van der Waals surface area (Å²) in [5.41, 5.74) is 2.63. The van der Waals surface area contributed by atoms with Crippen LogP contribution in [0.2, 0.25) is 10.0 Å². The van der Waals surface area contributed by atoms with Gasteiger partial charge in [-0.05, 0) is 30.7 Å². The molecule has 1 N–H and O–H groups in total. The first-order valence-corrected chi connectivity index (χ1v) is 9.40. The fourth-order valence-corrected chi connectivity index (χ4v) is 3.70. The molecule has 0 aliphatic rings. The molecule has 1 amide bonds. The van der Waals surface area contributed by atoms with Crippen LogP contribution in [0.5, 0.6) is 0 Å². The zero-order chi connectivity index (χ0) is 17.8. The summed E-state index contributed by atoms with van der Waals surface area (Å²) in [6.07, 6.45) is 0.235. The Labute approximate surface area is 160 Å². The predicted molar refractivity (Wildman–Crippen MR) is 104 cm³/mol. The lowest BCUT2D eigenvalue weighted by molar-refractivity contribution is -0.121. The van der Waals surface area contributed by atoms with Crippen LogP contribution in [0.3, 0.4) is 0 Å². The van der Waals surface area contributed by atoms with E-state index < -0.39 is 0 Å². The molecule has 1 atom stereocenters. The van der Waals surface area contributed by atoms with Gasteiger partial charge in [-0.25, -0.2) is 4.98 Å². The molecule has 0 saturated heterocycles. The second-order valence-electron chi connectivity index (χ2n) is 5.64. The average Bonchev–Trinajstić information content (AvgIpc) is 3.03. The summed E-state index contributed by atoms with van der Waals surface area (Å²) >= 11 is 13.6. The number of benzene rings is 2. The Morgan fingerprint density at radius 2 is 1.88 bits per heavy atom. The number of rotatable bonds is 5. The van der Waals surface area contributed by atoms with E-state index in [0.29, 0.717) is 10.0 Å². The smallest absolute Gasteiger partial charge is 0.226 e. The monoisotopic (exact) mass is 390 g/mol. The fourth-order valence-electron chi connectivity index (χ4n) is 2.44. The molecule has 3 nitrogen and oxygen atoms in total. The molecular weight excluding hydrogens is 375 g/mol. The summed E-state index contributed by atoms with van der Waals surface area (Å²) in [5.74, 6) is -0.0709. The molecule has 1 aromatic heterocycles. The number of hydrogen-bond acceptors (Lipinski definition) is 3. The number of hydrogen-bond donors (Lipinski definition) is 1.